The Bertz CT molecular complexity index is 1340. The fourth-order valence-corrected chi connectivity index (χ4v) is 5.30. The number of benzene rings is 2. The number of thioether (sulfide) groups is 1. The molecule has 2 fully saturated rings. The van der Waals surface area contributed by atoms with E-state index in [-0.39, 0.29) is 12.5 Å². The van der Waals surface area contributed by atoms with Crippen molar-refractivity contribution in [3.05, 3.63) is 70.4 Å². The lowest BCUT2D eigenvalue weighted by atomic mass is 10.1. The summed E-state index contributed by atoms with van der Waals surface area (Å²) in [6.07, 6.45) is 1.75. The monoisotopic (exact) mass is 475 g/mol. The molecule has 0 radical (unpaired) electrons. The zero-order valence-electron chi connectivity index (χ0n) is 19.1. The van der Waals surface area contributed by atoms with E-state index in [1.807, 2.05) is 32.0 Å². The largest absolute Gasteiger partial charge is 0.378 e. The van der Waals surface area contributed by atoms with E-state index in [4.69, 9.17) is 4.74 Å². The topological polar surface area (TPSA) is 71.9 Å². The highest BCUT2D eigenvalue weighted by Crippen LogP contribution is 2.34. The maximum Gasteiger partial charge on any atom is 0.294 e. The zero-order valence-corrected chi connectivity index (χ0v) is 19.9. The minimum atomic E-state index is -0.424. The van der Waals surface area contributed by atoms with E-state index in [0.29, 0.717) is 31.2 Å². The standard InChI is InChI=1S/C26H25N3O4S/c1-17-13-21(18(2)29(17)22-8-7-19-5-3-4-6-20(19)14-22)15-23-25(31)28(26(32)34-23)16-24(30)27-9-11-33-12-10-27/h3-8,13-15H,9-12,16H2,1-2H3/b23-15-. The maximum atomic E-state index is 13.0. The van der Waals surface area contributed by atoms with Gasteiger partial charge in [-0.25, -0.2) is 0 Å². The van der Waals surface area contributed by atoms with Gasteiger partial charge in [0.2, 0.25) is 5.91 Å². The van der Waals surface area contributed by atoms with Gasteiger partial charge in [0.1, 0.15) is 6.54 Å². The van der Waals surface area contributed by atoms with Crippen LogP contribution in [-0.4, -0.2) is 64.3 Å². The Morgan fingerprint density at radius 1 is 1.03 bits per heavy atom. The van der Waals surface area contributed by atoms with Gasteiger partial charge in [-0.1, -0.05) is 30.3 Å². The Balaban J connectivity index is 1.39. The molecule has 0 bridgehead atoms. The normalized spacial score (nSPS) is 17.9. The molecule has 1 aromatic heterocycles. The van der Waals surface area contributed by atoms with Crippen LogP contribution in [0.3, 0.4) is 0 Å². The molecule has 34 heavy (non-hydrogen) atoms. The van der Waals surface area contributed by atoms with Crippen molar-refractivity contribution < 1.29 is 19.1 Å². The van der Waals surface area contributed by atoms with Crippen LogP contribution in [0.15, 0.2) is 53.4 Å². The number of hydrogen-bond donors (Lipinski definition) is 0. The summed E-state index contributed by atoms with van der Waals surface area (Å²) in [6, 6.07) is 16.5. The van der Waals surface area contributed by atoms with E-state index in [1.54, 1.807) is 11.0 Å². The zero-order chi connectivity index (χ0) is 23.8. The van der Waals surface area contributed by atoms with Gasteiger partial charge in [-0.3, -0.25) is 19.3 Å². The van der Waals surface area contributed by atoms with E-state index < -0.39 is 11.1 Å². The molecule has 7 nitrogen and oxygen atoms in total. The van der Waals surface area contributed by atoms with Crippen LogP contribution in [0, 0.1) is 13.8 Å². The first kappa shape index (κ1) is 22.4. The third-order valence-corrected chi connectivity index (χ3v) is 7.19. The van der Waals surface area contributed by atoms with Gasteiger partial charge in [-0.2, -0.15) is 0 Å². The molecular formula is C26H25N3O4S. The second kappa shape index (κ2) is 9.12. The molecule has 0 aliphatic carbocycles. The van der Waals surface area contributed by atoms with Crippen LogP contribution in [0.5, 0.6) is 0 Å². The van der Waals surface area contributed by atoms with E-state index in [2.05, 4.69) is 34.9 Å². The number of rotatable bonds is 4. The van der Waals surface area contributed by atoms with Gasteiger partial charge < -0.3 is 14.2 Å². The third kappa shape index (κ3) is 4.15. The molecule has 2 saturated heterocycles. The number of hydrogen-bond acceptors (Lipinski definition) is 5. The number of amides is 3. The summed E-state index contributed by atoms with van der Waals surface area (Å²) in [5, 5.41) is 1.91. The number of imide groups is 1. The molecule has 0 spiro atoms. The number of ether oxygens (including phenoxy) is 1. The average Bonchev–Trinajstić information content (AvgIpc) is 3.28. The van der Waals surface area contributed by atoms with Crippen LogP contribution in [0.1, 0.15) is 17.0 Å². The Kier molecular flexibility index (Phi) is 6.02. The van der Waals surface area contributed by atoms with Crippen molar-refractivity contribution in [3.8, 4) is 5.69 Å². The molecule has 8 heteroatoms. The van der Waals surface area contributed by atoms with Crippen LogP contribution in [-0.2, 0) is 14.3 Å². The van der Waals surface area contributed by atoms with Crippen LogP contribution in [0.4, 0.5) is 4.79 Å². The minimum absolute atomic E-state index is 0.235. The second-order valence-electron chi connectivity index (χ2n) is 8.45. The summed E-state index contributed by atoms with van der Waals surface area (Å²) in [5.41, 5.74) is 3.91. The molecule has 0 saturated carbocycles. The Morgan fingerprint density at radius 2 is 1.76 bits per heavy atom. The van der Waals surface area contributed by atoms with E-state index in [1.165, 1.54) is 5.39 Å². The van der Waals surface area contributed by atoms with Gasteiger partial charge in [-0.15, -0.1) is 0 Å². The molecular weight excluding hydrogens is 450 g/mol. The summed E-state index contributed by atoms with van der Waals surface area (Å²) < 4.78 is 7.41. The highest BCUT2D eigenvalue weighted by Gasteiger charge is 2.37. The molecule has 2 aliphatic heterocycles. The van der Waals surface area contributed by atoms with Gasteiger partial charge in [-0.05, 0) is 66.2 Å². The van der Waals surface area contributed by atoms with Crippen molar-refractivity contribution in [2.24, 2.45) is 0 Å². The SMILES string of the molecule is Cc1cc(/C=C2\SC(=O)N(CC(=O)N3CCOCC3)C2=O)c(C)n1-c1ccc2ccccc2c1. The fourth-order valence-electron chi connectivity index (χ4n) is 4.47. The average molecular weight is 476 g/mol. The lowest BCUT2D eigenvalue weighted by Gasteiger charge is -2.28. The molecule has 0 atom stereocenters. The van der Waals surface area contributed by atoms with Crippen molar-refractivity contribution in [2.45, 2.75) is 13.8 Å². The number of carbonyl (C=O) groups is 3. The summed E-state index contributed by atoms with van der Waals surface area (Å²) in [5.74, 6) is -0.659. The Hall–Kier alpha value is -3.36. The number of aromatic nitrogens is 1. The van der Waals surface area contributed by atoms with Crippen molar-refractivity contribution in [1.29, 1.82) is 0 Å². The fraction of sp³-hybridized carbons (Fsp3) is 0.269. The van der Waals surface area contributed by atoms with Gasteiger partial charge >= 0.3 is 0 Å². The molecule has 2 aromatic carbocycles. The number of morpholine rings is 1. The molecule has 2 aliphatic rings. The van der Waals surface area contributed by atoms with Gasteiger partial charge in [0, 0.05) is 30.2 Å². The number of carbonyl (C=O) groups excluding carboxylic acids is 3. The number of nitrogens with zero attached hydrogens (tertiary/aromatic N) is 3. The van der Waals surface area contributed by atoms with Crippen LogP contribution < -0.4 is 0 Å². The minimum Gasteiger partial charge on any atom is -0.378 e. The molecule has 0 unspecified atom stereocenters. The highest BCUT2D eigenvalue weighted by atomic mass is 32.2. The highest BCUT2D eigenvalue weighted by molar-refractivity contribution is 8.18. The van der Waals surface area contributed by atoms with Crippen molar-refractivity contribution in [2.75, 3.05) is 32.8 Å². The van der Waals surface area contributed by atoms with E-state index in [0.717, 1.165) is 44.7 Å². The molecule has 3 amide bonds. The quantitative estimate of drug-likeness (QED) is 0.531. The lowest BCUT2D eigenvalue weighted by molar-refractivity contribution is -0.139. The molecule has 0 N–H and O–H groups in total. The Labute approximate surface area is 202 Å². The van der Waals surface area contributed by atoms with Crippen molar-refractivity contribution in [3.63, 3.8) is 0 Å². The first-order valence-corrected chi connectivity index (χ1v) is 12.0. The predicted octanol–water partition coefficient (Wildman–Crippen LogP) is 4.14. The third-order valence-electron chi connectivity index (χ3n) is 6.28. The molecule has 3 aromatic rings. The number of aryl methyl sites for hydroxylation is 1. The summed E-state index contributed by atoms with van der Waals surface area (Å²) in [6.45, 7) is 5.68. The first-order valence-electron chi connectivity index (χ1n) is 11.2. The molecule has 3 heterocycles. The van der Waals surface area contributed by atoms with Gasteiger partial charge in [0.15, 0.2) is 0 Å². The van der Waals surface area contributed by atoms with Crippen molar-refractivity contribution in [1.82, 2.24) is 14.4 Å². The van der Waals surface area contributed by atoms with Gasteiger partial charge in [0.25, 0.3) is 11.1 Å². The molecule has 174 valence electrons. The number of fused-ring (bicyclic) bond motifs is 1. The second-order valence-corrected chi connectivity index (χ2v) is 9.45. The van der Waals surface area contributed by atoms with Crippen LogP contribution in [0.2, 0.25) is 0 Å². The lowest BCUT2D eigenvalue weighted by Crippen LogP contribution is -2.46. The van der Waals surface area contributed by atoms with E-state index in [9.17, 15) is 14.4 Å². The predicted molar refractivity (Wildman–Crippen MR) is 133 cm³/mol. The first-order chi connectivity index (χ1) is 16.4. The van der Waals surface area contributed by atoms with E-state index >= 15 is 0 Å². The summed E-state index contributed by atoms with van der Waals surface area (Å²) >= 11 is 0.881. The summed E-state index contributed by atoms with van der Waals surface area (Å²) in [4.78, 5) is 41.1. The molecule has 5 rings (SSSR count). The Morgan fingerprint density at radius 3 is 2.53 bits per heavy atom. The van der Waals surface area contributed by atoms with Crippen molar-refractivity contribution >= 4 is 45.7 Å². The van der Waals surface area contributed by atoms with Crippen LogP contribution in [0.25, 0.3) is 22.5 Å². The smallest absolute Gasteiger partial charge is 0.294 e. The summed E-state index contributed by atoms with van der Waals surface area (Å²) in [7, 11) is 0. The van der Waals surface area contributed by atoms with Gasteiger partial charge in [0.05, 0.1) is 18.1 Å². The maximum absolute atomic E-state index is 13.0. The van der Waals surface area contributed by atoms with Crippen LogP contribution >= 0.6 is 11.8 Å².